The molecule has 0 spiro atoms. The van der Waals surface area contributed by atoms with Crippen molar-refractivity contribution in [2.24, 2.45) is 0 Å². The van der Waals surface area contributed by atoms with Crippen molar-refractivity contribution < 1.29 is 9.21 Å². The van der Waals surface area contributed by atoms with Crippen LogP contribution in [0, 0.1) is 3.57 Å². The molecule has 0 bridgehead atoms. The van der Waals surface area contributed by atoms with E-state index in [1.54, 1.807) is 12.3 Å². The van der Waals surface area contributed by atoms with E-state index in [-0.39, 0.29) is 6.03 Å². The van der Waals surface area contributed by atoms with Gasteiger partial charge in [-0.2, -0.15) is 0 Å². The summed E-state index contributed by atoms with van der Waals surface area (Å²) in [5.41, 5.74) is 0.766. The van der Waals surface area contributed by atoms with Gasteiger partial charge in [-0.05, 0) is 59.0 Å². The second-order valence-corrected chi connectivity index (χ2v) is 4.64. The maximum Gasteiger partial charge on any atom is 0.319 e. The van der Waals surface area contributed by atoms with Crippen LogP contribution in [0.1, 0.15) is 5.76 Å². The molecule has 4 nitrogen and oxygen atoms in total. The Bertz CT molecular complexity index is 480. The minimum Gasteiger partial charge on any atom is -0.467 e. The number of urea groups is 1. The molecular weight excluding hydrogens is 331 g/mol. The van der Waals surface area contributed by atoms with Crippen molar-refractivity contribution in [3.05, 3.63) is 52.0 Å². The highest BCUT2D eigenvalue weighted by molar-refractivity contribution is 14.1. The Balaban J connectivity index is 1.83. The number of anilines is 1. The van der Waals surface area contributed by atoms with Crippen LogP contribution in [0.5, 0.6) is 0 Å². The van der Waals surface area contributed by atoms with Gasteiger partial charge in [0.2, 0.25) is 0 Å². The van der Waals surface area contributed by atoms with E-state index in [0.717, 1.165) is 15.0 Å². The molecule has 0 atom stereocenters. The lowest BCUT2D eigenvalue weighted by Crippen LogP contribution is -2.27. The average molecular weight is 342 g/mol. The standard InChI is InChI=1S/C12H11IN2O2/c13-9-3-5-10(6-4-9)15-12(16)14-8-11-2-1-7-17-11/h1-7H,8H2,(H2,14,15,16). The van der Waals surface area contributed by atoms with Gasteiger partial charge in [-0.15, -0.1) is 0 Å². The molecule has 0 radical (unpaired) electrons. The van der Waals surface area contributed by atoms with Crippen molar-refractivity contribution in [2.75, 3.05) is 5.32 Å². The normalized spacial score (nSPS) is 9.94. The molecule has 2 aromatic rings. The molecule has 2 rings (SSSR count). The fourth-order valence-corrected chi connectivity index (χ4v) is 1.65. The molecule has 2 N–H and O–H groups in total. The van der Waals surface area contributed by atoms with E-state index < -0.39 is 0 Å². The van der Waals surface area contributed by atoms with Crippen LogP contribution in [0.2, 0.25) is 0 Å². The molecule has 1 aromatic carbocycles. The molecule has 0 fully saturated rings. The van der Waals surface area contributed by atoms with Gasteiger partial charge in [0.05, 0.1) is 12.8 Å². The summed E-state index contributed by atoms with van der Waals surface area (Å²) in [7, 11) is 0. The average Bonchev–Trinajstić information content (AvgIpc) is 2.83. The minimum atomic E-state index is -0.248. The van der Waals surface area contributed by atoms with Gasteiger partial charge in [0.25, 0.3) is 0 Å². The fourth-order valence-electron chi connectivity index (χ4n) is 1.29. The van der Waals surface area contributed by atoms with Gasteiger partial charge in [-0.3, -0.25) is 0 Å². The monoisotopic (exact) mass is 342 g/mol. The molecule has 88 valence electrons. The van der Waals surface area contributed by atoms with Gasteiger partial charge in [0.1, 0.15) is 5.76 Å². The highest BCUT2D eigenvalue weighted by atomic mass is 127. The Morgan fingerprint density at radius 3 is 2.65 bits per heavy atom. The van der Waals surface area contributed by atoms with E-state index in [1.807, 2.05) is 30.3 Å². The van der Waals surface area contributed by atoms with Gasteiger partial charge < -0.3 is 15.1 Å². The summed E-state index contributed by atoms with van der Waals surface area (Å²) in [6, 6.07) is 10.9. The Morgan fingerprint density at radius 2 is 2.00 bits per heavy atom. The highest BCUT2D eigenvalue weighted by Crippen LogP contribution is 2.10. The Hall–Kier alpha value is -1.50. The fraction of sp³-hybridized carbons (Fsp3) is 0.0833. The number of hydrogen-bond acceptors (Lipinski definition) is 2. The molecule has 1 aromatic heterocycles. The summed E-state index contributed by atoms with van der Waals surface area (Å²) >= 11 is 2.21. The second-order valence-electron chi connectivity index (χ2n) is 3.39. The number of furan rings is 1. The van der Waals surface area contributed by atoms with E-state index in [4.69, 9.17) is 4.42 Å². The van der Waals surface area contributed by atoms with E-state index >= 15 is 0 Å². The number of amides is 2. The van der Waals surface area contributed by atoms with Crippen LogP contribution in [0.25, 0.3) is 0 Å². The molecule has 2 amide bonds. The number of nitrogens with one attached hydrogen (secondary N) is 2. The molecule has 5 heteroatoms. The molecule has 0 aliphatic rings. The highest BCUT2D eigenvalue weighted by Gasteiger charge is 2.02. The van der Waals surface area contributed by atoms with Crippen LogP contribution in [-0.4, -0.2) is 6.03 Å². The molecule has 0 saturated heterocycles. The Kier molecular flexibility index (Phi) is 4.03. The van der Waals surface area contributed by atoms with Gasteiger partial charge in [0.15, 0.2) is 0 Å². The second kappa shape index (κ2) is 5.72. The van der Waals surface area contributed by atoms with Gasteiger partial charge in [0, 0.05) is 9.26 Å². The van der Waals surface area contributed by atoms with Gasteiger partial charge >= 0.3 is 6.03 Å². The maximum atomic E-state index is 11.5. The third-order valence-corrected chi connectivity index (χ3v) is 2.82. The zero-order valence-electron chi connectivity index (χ0n) is 8.94. The third-order valence-electron chi connectivity index (χ3n) is 2.11. The zero-order valence-corrected chi connectivity index (χ0v) is 11.1. The van der Waals surface area contributed by atoms with E-state index in [1.165, 1.54) is 0 Å². The largest absolute Gasteiger partial charge is 0.467 e. The number of benzene rings is 1. The molecule has 0 saturated carbocycles. The summed E-state index contributed by atoms with van der Waals surface area (Å²) < 4.78 is 6.24. The van der Waals surface area contributed by atoms with E-state index in [9.17, 15) is 4.79 Å². The number of hydrogen-bond donors (Lipinski definition) is 2. The van der Waals surface area contributed by atoms with Crippen LogP contribution in [0.4, 0.5) is 10.5 Å². The first-order valence-electron chi connectivity index (χ1n) is 5.07. The van der Waals surface area contributed by atoms with Crippen molar-refractivity contribution >= 4 is 34.3 Å². The smallest absolute Gasteiger partial charge is 0.319 e. The summed E-state index contributed by atoms with van der Waals surface area (Å²) in [4.78, 5) is 11.5. The van der Waals surface area contributed by atoms with Crippen molar-refractivity contribution in [2.45, 2.75) is 6.54 Å². The molecule has 17 heavy (non-hydrogen) atoms. The van der Waals surface area contributed by atoms with E-state index in [2.05, 4.69) is 33.2 Å². The lowest BCUT2D eigenvalue weighted by atomic mass is 10.3. The topological polar surface area (TPSA) is 54.3 Å². The van der Waals surface area contributed by atoms with Crippen LogP contribution in [0.3, 0.4) is 0 Å². The summed E-state index contributed by atoms with van der Waals surface area (Å²) in [6.07, 6.45) is 1.58. The minimum absolute atomic E-state index is 0.248. The van der Waals surface area contributed by atoms with Crippen LogP contribution < -0.4 is 10.6 Å². The summed E-state index contributed by atoms with van der Waals surface area (Å²) in [5.74, 6) is 0.725. The zero-order chi connectivity index (χ0) is 12.1. The predicted molar refractivity (Wildman–Crippen MR) is 73.7 cm³/mol. The number of carbonyl (C=O) groups is 1. The molecule has 0 aliphatic heterocycles. The summed E-state index contributed by atoms with van der Waals surface area (Å²) in [5, 5.41) is 5.44. The Labute approximate surface area is 113 Å². The molecular formula is C12H11IN2O2. The van der Waals surface area contributed by atoms with Crippen molar-refractivity contribution in [3.63, 3.8) is 0 Å². The van der Waals surface area contributed by atoms with Crippen LogP contribution in [-0.2, 0) is 6.54 Å². The summed E-state index contributed by atoms with van der Waals surface area (Å²) in [6.45, 7) is 0.378. The lowest BCUT2D eigenvalue weighted by Gasteiger charge is -2.06. The third kappa shape index (κ3) is 3.77. The molecule has 0 unspecified atom stereocenters. The number of rotatable bonds is 3. The lowest BCUT2D eigenvalue weighted by molar-refractivity contribution is 0.251. The predicted octanol–water partition coefficient (Wildman–Crippen LogP) is 3.21. The van der Waals surface area contributed by atoms with Crippen molar-refractivity contribution in [3.8, 4) is 0 Å². The number of carbonyl (C=O) groups excluding carboxylic acids is 1. The quantitative estimate of drug-likeness (QED) is 0.842. The van der Waals surface area contributed by atoms with Crippen molar-refractivity contribution in [1.29, 1.82) is 0 Å². The molecule has 0 aliphatic carbocycles. The maximum absolute atomic E-state index is 11.5. The van der Waals surface area contributed by atoms with E-state index in [0.29, 0.717) is 6.54 Å². The van der Waals surface area contributed by atoms with Crippen molar-refractivity contribution in [1.82, 2.24) is 5.32 Å². The van der Waals surface area contributed by atoms with Gasteiger partial charge in [-0.1, -0.05) is 0 Å². The van der Waals surface area contributed by atoms with Gasteiger partial charge in [-0.25, -0.2) is 4.79 Å². The molecule has 1 heterocycles. The first-order chi connectivity index (χ1) is 8.24. The first-order valence-corrected chi connectivity index (χ1v) is 6.15. The SMILES string of the molecule is O=C(NCc1ccco1)Nc1ccc(I)cc1. The van der Waals surface area contributed by atoms with Crippen LogP contribution >= 0.6 is 22.6 Å². The Morgan fingerprint density at radius 1 is 1.24 bits per heavy atom. The van der Waals surface area contributed by atoms with Crippen LogP contribution in [0.15, 0.2) is 47.1 Å². The number of halogens is 1. The first kappa shape index (κ1) is 12.0.